The van der Waals surface area contributed by atoms with E-state index in [2.05, 4.69) is 44.6 Å². The maximum absolute atomic E-state index is 11.9. The highest BCUT2D eigenvalue weighted by Crippen LogP contribution is 2.36. The summed E-state index contributed by atoms with van der Waals surface area (Å²) in [4.78, 5) is 23.7. The topological polar surface area (TPSA) is 101 Å². The summed E-state index contributed by atoms with van der Waals surface area (Å²) in [6.45, 7) is 3.95. The summed E-state index contributed by atoms with van der Waals surface area (Å²) in [5, 5.41) is 8.91. The van der Waals surface area contributed by atoms with Crippen LogP contribution in [0.25, 0.3) is 39.1 Å². The number of piperazine rings is 1. The number of aromatic nitrogens is 4. The summed E-state index contributed by atoms with van der Waals surface area (Å²) in [6, 6.07) is 21.8. The second kappa shape index (κ2) is 8.24. The molecule has 8 heteroatoms. The lowest BCUT2D eigenvalue weighted by atomic mass is 10.0. The summed E-state index contributed by atoms with van der Waals surface area (Å²) in [7, 11) is 0. The van der Waals surface area contributed by atoms with Crippen molar-refractivity contribution in [2.75, 3.05) is 31.1 Å². The second-order valence-electron chi connectivity index (χ2n) is 8.32. The van der Waals surface area contributed by atoms with E-state index in [9.17, 15) is 4.79 Å². The number of hydrogen-bond donors (Lipinski definition) is 2. The van der Waals surface area contributed by atoms with Crippen LogP contribution in [-0.2, 0) is 0 Å². The first-order valence-corrected chi connectivity index (χ1v) is 11.3. The van der Waals surface area contributed by atoms with Gasteiger partial charge in [0.05, 0.1) is 11.2 Å². The van der Waals surface area contributed by atoms with Gasteiger partial charge in [-0.3, -0.25) is 9.78 Å². The molecule has 1 aliphatic rings. The molecule has 1 aliphatic heterocycles. The first-order valence-electron chi connectivity index (χ1n) is 11.3. The van der Waals surface area contributed by atoms with Gasteiger partial charge in [0, 0.05) is 54.6 Å². The van der Waals surface area contributed by atoms with Crippen molar-refractivity contribution in [2.24, 2.45) is 5.73 Å². The molecule has 3 N–H and O–H groups in total. The van der Waals surface area contributed by atoms with Gasteiger partial charge in [0.15, 0.2) is 5.65 Å². The van der Waals surface area contributed by atoms with Crippen molar-refractivity contribution in [3.63, 3.8) is 0 Å². The van der Waals surface area contributed by atoms with Crippen molar-refractivity contribution >= 4 is 28.1 Å². The summed E-state index contributed by atoms with van der Waals surface area (Å²) < 4.78 is 1.71. The molecule has 0 aliphatic carbocycles. The van der Waals surface area contributed by atoms with E-state index in [0.29, 0.717) is 5.65 Å². The maximum atomic E-state index is 11.9. The van der Waals surface area contributed by atoms with Crippen LogP contribution in [0.2, 0.25) is 0 Å². The fraction of sp³-hybridized carbons (Fsp3) is 0.154. The Balaban J connectivity index is 1.56. The number of nitrogens with one attached hydrogen (secondary N) is 1. The van der Waals surface area contributed by atoms with Gasteiger partial charge < -0.3 is 16.0 Å². The molecule has 0 atom stereocenters. The average molecular weight is 450 g/mol. The molecule has 34 heavy (non-hydrogen) atoms. The number of amides is 1. The van der Waals surface area contributed by atoms with Crippen molar-refractivity contribution in [3.8, 4) is 22.5 Å². The van der Waals surface area contributed by atoms with Gasteiger partial charge >= 0.3 is 0 Å². The number of rotatable bonds is 4. The fourth-order valence-corrected chi connectivity index (χ4v) is 4.56. The Morgan fingerprint density at radius 3 is 2.53 bits per heavy atom. The van der Waals surface area contributed by atoms with Crippen LogP contribution in [0.4, 0.5) is 5.69 Å². The zero-order valence-electron chi connectivity index (χ0n) is 18.5. The Bertz CT molecular complexity index is 1510. The molecule has 0 spiro atoms. The van der Waals surface area contributed by atoms with Crippen LogP contribution < -0.4 is 16.0 Å². The molecule has 1 fully saturated rings. The van der Waals surface area contributed by atoms with Crippen molar-refractivity contribution in [3.05, 3.63) is 78.6 Å². The monoisotopic (exact) mass is 449 g/mol. The van der Waals surface area contributed by atoms with Gasteiger partial charge in [0.1, 0.15) is 11.4 Å². The number of carbonyl (C=O) groups excluding carboxylic acids is 1. The third kappa shape index (κ3) is 3.45. The minimum atomic E-state index is -0.580. The number of carbonyl (C=O) groups is 1. The molecule has 1 saturated heterocycles. The molecule has 6 rings (SSSR count). The molecule has 2 aromatic carbocycles. The Labute approximate surface area is 196 Å². The number of anilines is 1. The lowest BCUT2D eigenvalue weighted by Crippen LogP contribution is -2.43. The number of hydrogen-bond acceptors (Lipinski definition) is 6. The smallest absolute Gasteiger partial charge is 0.269 e. The van der Waals surface area contributed by atoms with E-state index < -0.39 is 5.91 Å². The van der Waals surface area contributed by atoms with Crippen LogP contribution in [0.5, 0.6) is 0 Å². The molecule has 5 aromatic rings. The van der Waals surface area contributed by atoms with Gasteiger partial charge in [-0.05, 0) is 36.4 Å². The summed E-state index contributed by atoms with van der Waals surface area (Å²) >= 11 is 0. The molecule has 168 valence electrons. The molecule has 0 unspecified atom stereocenters. The van der Waals surface area contributed by atoms with E-state index in [1.807, 2.05) is 30.3 Å². The Morgan fingerprint density at radius 1 is 0.941 bits per heavy atom. The molecule has 0 radical (unpaired) electrons. The number of primary amides is 1. The summed E-state index contributed by atoms with van der Waals surface area (Å²) in [5.41, 5.74) is 11.9. The number of imidazole rings is 1. The minimum Gasteiger partial charge on any atom is -0.369 e. The van der Waals surface area contributed by atoms with E-state index in [1.54, 1.807) is 22.8 Å². The van der Waals surface area contributed by atoms with Crippen molar-refractivity contribution < 1.29 is 4.79 Å². The molecular weight excluding hydrogens is 426 g/mol. The van der Waals surface area contributed by atoms with E-state index in [1.165, 1.54) is 5.69 Å². The maximum Gasteiger partial charge on any atom is 0.269 e. The summed E-state index contributed by atoms with van der Waals surface area (Å²) in [6.07, 6.45) is 1.78. The highest BCUT2D eigenvalue weighted by Gasteiger charge is 2.21. The zero-order chi connectivity index (χ0) is 23.1. The molecule has 1 amide bonds. The van der Waals surface area contributed by atoms with Crippen LogP contribution in [0.15, 0.2) is 72.9 Å². The first-order chi connectivity index (χ1) is 16.7. The zero-order valence-corrected chi connectivity index (χ0v) is 18.5. The predicted octanol–water partition coefficient (Wildman–Crippen LogP) is 3.12. The fourth-order valence-electron chi connectivity index (χ4n) is 4.56. The SMILES string of the molecule is NC(=O)c1ccc2nc(-c3ccc(N4CCNCC4)cc3)c(-c3ccnc4ccccc34)n2n1. The van der Waals surface area contributed by atoms with Crippen LogP contribution in [0.1, 0.15) is 10.5 Å². The van der Waals surface area contributed by atoms with Crippen molar-refractivity contribution in [1.82, 2.24) is 24.9 Å². The van der Waals surface area contributed by atoms with Gasteiger partial charge in [-0.1, -0.05) is 30.3 Å². The Hall–Kier alpha value is -4.30. The molecule has 4 heterocycles. The Morgan fingerprint density at radius 2 is 1.74 bits per heavy atom. The number of para-hydroxylation sites is 1. The first kappa shape index (κ1) is 20.3. The predicted molar refractivity (Wildman–Crippen MR) is 133 cm³/mol. The van der Waals surface area contributed by atoms with Gasteiger partial charge in [-0.2, -0.15) is 5.10 Å². The quantitative estimate of drug-likeness (QED) is 0.437. The number of fused-ring (bicyclic) bond motifs is 2. The standard InChI is InChI=1S/C26H23N7O/c27-26(34)22-9-10-23-30-24(17-5-7-18(8-6-17)32-15-13-28-14-16-32)25(33(23)31-22)20-11-12-29-21-4-2-1-3-19(20)21/h1-12,28H,13-16H2,(H2,27,34). The van der Waals surface area contributed by atoms with Crippen molar-refractivity contribution in [1.29, 1.82) is 0 Å². The number of nitrogens with two attached hydrogens (primary N) is 1. The van der Waals surface area contributed by atoms with Crippen LogP contribution in [0.3, 0.4) is 0 Å². The van der Waals surface area contributed by atoms with Gasteiger partial charge in [-0.15, -0.1) is 0 Å². The van der Waals surface area contributed by atoms with Gasteiger partial charge in [0.2, 0.25) is 0 Å². The van der Waals surface area contributed by atoms with E-state index in [-0.39, 0.29) is 5.69 Å². The van der Waals surface area contributed by atoms with E-state index >= 15 is 0 Å². The highest BCUT2D eigenvalue weighted by atomic mass is 16.1. The second-order valence-corrected chi connectivity index (χ2v) is 8.32. The summed E-state index contributed by atoms with van der Waals surface area (Å²) in [5.74, 6) is -0.580. The molecular formula is C26H23N7O. The average Bonchev–Trinajstić information content (AvgIpc) is 3.27. The van der Waals surface area contributed by atoms with Crippen LogP contribution in [-0.4, -0.2) is 51.7 Å². The van der Waals surface area contributed by atoms with E-state index in [0.717, 1.165) is 59.6 Å². The normalized spacial score (nSPS) is 14.1. The molecule has 3 aromatic heterocycles. The van der Waals surface area contributed by atoms with Crippen molar-refractivity contribution in [2.45, 2.75) is 0 Å². The number of nitrogens with zero attached hydrogens (tertiary/aromatic N) is 5. The molecule has 0 saturated carbocycles. The molecule has 0 bridgehead atoms. The highest BCUT2D eigenvalue weighted by molar-refractivity contribution is 5.98. The number of pyridine rings is 1. The van der Waals surface area contributed by atoms with Gasteiger partial charge in [-0.25, -0.2) is 9.50 Å². The van der Waals surface area contributed by atoms with Gasteiger partial charge in [0.25, 0.3) is 5.91 Å². The number of benzene rings is 2. The lowest BCUT2D eigenvalue weighted by Gasteiger charge is -2.29. The largest absolute Gasteiger partial charge is 0.369 e. The van der Waals surface area contributed by atoms with Crippen LogP contribution in [0, 0.1) is 0 Å². The third-order valence-electron chi connectivity index (χ3n) is 6.26. The van der Waals surface area contributed by atoms with Crippen LogP contribution >= 0.6 is 0 Å². The molecule has 8 nitrogen and oxygen atoms in total. The Kier molecular flexibility index (Phi) is 4.92. The third-order valence-corrected chi connectivity index (χ3v) is 6.26. The lowest BCUT2D eigenvalue weighted by molar-refractivity contribution is 0.0994. The van der Waals surface area contributed by atoms with E-state index in [4.69, 9.17) is 10.7 Å². The minimum absolute atomic E-state index is 0.185.